The molecule has 2 heterocycles. The molecule has 0 bridgehead atoms. The third-order valence-electron chi connectivity index (χ3n) is 4.87. The van der Waals surface area contributed by atoms with Gasteiger partial charge in [-0.3, -0.25) is 9.59 Å². The molecule has 160 valence electrons. The largest absolute Gasteiger partial charge is 0.507 e. The average molecular weight is 451 g/mol. The van der Waals surface area contributed by atoms with Gasteiger partial charge in [-0.05, 0) is 31.6 Å². The predicted molar refractivity (Wildman–Crippen MR) is 116 cm³/mol. The number of likely N-dealkylation sites (tertiary alicyclic amines) is 1. The van der Waals surface area contributed by atoms with Crippen LogP contribution in [0, 0.1) is 0 Å². The van der Waals surface area contributed by atoms with Crippen molar-refractivity contribution < 1.29 is 24.2 Å². The first kappa shape index (κ1) is 22.1. The zero-order valence-electron chi connectivity index (χ0n) is 17.1. The number of methoxy groups -OCH3 is 2. The lowest BCUT2D eigenvalue weighted by Gasteiger charge is -2.25. The number of carbonyl (C=O) groups is 2. The molecule has 2 aromatic rings. The van der Waals surface area contributed by atoms with E-state index in [9.17, 15) is 14.7 Å². The number of amides is 1. The Hall–Kier alpha value is -2.55. The summed E-state index contributed by atoms with van der Waals surface area (Å²) < 4.78 is 10.6. The topological polar surface area (TPSA) is 79.3 Å². The van der Waals surface area contributed by atoms with Gasteiger partial charge in [0.1, 0.15) is 17.3 Å². The van der Waals surface area contributed by atoms with Crippen LogP contribution in [0.1, 0.15) is 16.5 Å². The van der Waals surface area contributed by atoms with Crippen LogP contribution in [-0.4, -0.2) is 68.0 Å². The zero-order chi connectivity index (χ0) is 22.0. The first-order chi connectivity index (χ1) is 14.3. The number of nitrogens with zero attached hydrogens (tertiary/aromatic N) is 2. The molecule has 0 aliphatic carbocycles. The Morgan fingerprint density at radius 1 is 1.23 bits per heavy atom. The molecule has 1 N–H and O–H groups in total. The summed E-state index contributed by atoms with van der Waals surface area (Å²) in [6.45, 7) is 0.921. The quantitative estimate of drug-likeness (QED) is 0.395. The van der Waals surface area contributed by atoms with Crippen LogP contribution in [0.25, 0.3) is 5.76 Å². The second-order valence-electron chi connectivity index (χ2n) is 7.00. The Bertz CT molecular complexity index is 988. The Morgan fingerprint density at radius 3 is 2.50 bits per heavy atom. The smallest absolute Gasteiger partial charge is 0.295 e. The number of thiophene rings is 1. The fourth-order valence-electron chi connectivity index (χ4n) is 3.35. The number of aliphatic hydroxyl groups is 1. The van der Waals surface area contributed by atoms with Crippen LogP contribution in [0.2, 0.25) is 5.02 Å². The van der Waals surface area contributed by atoms with Gasteiger partial charge in [-0.2, -0.15) is 0 Å². The summed E-state index contributed by atoms with van der Waals surface area (Å²) in [5.74, 6) is -1.07. The van der Waals surface area contributed by atoms with Gasteiger partial charge >= 0.3 is 0 Å². The van der Waals surface area contributed by atoms with Gasteiger partial charge < -0.3 is 24.4 Å². The normalized spacial score (nSPS) is 18.3. The second kappa shape index (κ2) is 9.07. The summed E-state index contributed by atoms with van der Waals surface area (Å²) >= 11 is 7.66. The standard InChI is InChI=1S/C21H23ClN2O5S/c1-23(2)7-8-24-18(16-6-5-9-30-16)17(20(26)21(24)27)19(25)12-10-13(22)15(29-4)11-14(12)28-3/h5-6,9-11,18,25H,7-8H2,1-4H3/b19-17-. The van der Waals surface area contributed by atoms with Gasteiger partial charge in [0, 0.05) is 24.0 Å². The molecular formula is C21H23ClN2O5S. The molecule has 1 amide bonds. The maximum absolute atomic E-state index is 13.0. The SMILES string of the molecule is COc1cc(OC)c(/C(O)=C2/C(=O)C(=O)N(CCN(C)C)C2c2cccs2)cc1Cl. The predicted octanol–water partition coefficient (Wildman–Crippen LogP) is 3.40. The monoisotopic (exact) mass is 450 g/mol. The molecule has 1 aromatic carbocycles. The minimum absolute atomic E-state index is 0.0146. The van der Waals surface area contributed by atoms with Crippen molar-refractivity contribution in [3.8, 4) is 11.5 Å². The molecule has 1 fully saturated rings. The van der Waals surface area contributed by atoms with E-state index in [4.69, 9.17) is 21.1 Å². The van der Waals surface area contributed by atoms with Crippen molar-refractivity contribution >= 4 is 40.4 Å². The van der Waals surface area contributed by atoms with Gasteiger partial charge in [0.05, 0.1) is 36.4 Å². The van der Waals surface area contributed by atoms with Gasteiger partial charge in [-0.15, -0.1) is 11.3 Å². The highest BCUT2D eigenvalue weighted by atomic mass is 35.5. The Morgan fingerprint density at radius 2 is 1.93 bits per heavy atom. The van der Waals surface area contributed by atoms with E-state index in [1.807, 2.05) is 36.5 Å². The van der Waals surface area contributed by atoms with Crippen LogP contribution in [-0.2, 0) is 9.59 Å². The molecule has 0 saturated carbocycles. The van der Waals surface area contributed by atoms with E-state index >= 15 is 0 Å². The van der Waals surface area contributed by atoms with Gasteiger partial charge in [-0.25, -0.2) is 0 Å². The number of halogens is 1. The number of aliphatic hydroxyl groups excluding tert-OH is 1. The fraction of sp³-hybridized carbons (Fsp3) is 0.333. The first-order valence-corrected chi connectivity index (χ1v) is 10.4. The maximum atomic E-state index is 13.0. The molecule has 1 atom stereocenters. The summed E-state index contributed by atoms with van der Waals surface area (Å²) in [6, 6.07) is 6.00. The Balaban J connectivity index is 2.18. The average Bonchev–Trinajstić information content (AvgIpc) is 3.33. The molecule has 0 radical (unpaired) electrons. The van der Waals surface area contributed by atoms with Crippen LogP contribution in [0.15, 0.2) is 35.2 Å². The molecule has 30 heavy (non-hydrogen) atoms. The summed E-state index contributed by atoms with van der Waals surface area (Å²) in [7, 11) is 6.68. The Labute approximate surface area is 184 Å². The minimum Gasteiger partial charge on any atom is -0.507 e. The molecule has 1 aromatic heterocycles. The van der Waals surface area contributed by atoms with Crippen molar-refractivity contribution in [3.05, 3.63) is 50.7 Å². The van der Waals surface area contributed by atoms with Gasteiger partial charge in [0.25, 0.3) is 11.7 Å². The molecular weight excluding hydrogens is 428 g/mol. The highest BCUT2D eigenvalue weighted by Crippen LogP contribution is 2.43. The van der Waals surface area contributed by atoms with E-state index in [1.54, 1.807) is 0 Å². The summed E-state index contributed by atoms with van der Waals surface area (Å²) in [5.41, 5.74) is 0.233. The van der Waals surface area contributed by atoms with E-state index < -0.39 is 17.7 Å². The van der Waals surface area contributed by atoms with Crippen LogP contribution in [0.3, 0.4) is 0 Å². The van der Waals surface area contributed by atoms with Gasteiger partial charge in [0.15, 0.2) is 0 Å². The number of ether oxygens (including phenoxy) is 2. The minimum atomic E-state index is -0.737. The number of likely N-dealkylation sites (N-methyl/N-ethyl adjacent to an activating group) is 1. The number of benzene rings is 1. The van der Waals surface area contributed by atoms with E-state index in [2.05, 4.69) is 0 Å². The summed E-state index contributed by atoms with van der Waals surface area (Å²) in [4.78, 5) is 30.0. The van der Waals surface area contributed by atoms with Crippen molar-refractivity contribution in [2.45, 2.75) is 6.04 Å². The van der Waals surface area contributed by atoms with Crippen molar-refractivity contribution in [2.24, 2.45) is 0 Å². The lowest BCUT2D eigenvalue weighted by molar-refractivity contribution is -0.140. The fourth-order valence-corrected chi connectivity index (χ4v) is 4.44. The van der Waals surface area contributed by atoms with E-state index in [-0.39, 0.29) is 27.7 Å². The number of hydrogen-bond donors (Lipinski definition) is 1. The highest BCUT2D eigenvalue weighted by Gasteiger charge is 2.46. The van der Waals surface area contributed by atoms with Crippen molar-refractivity contribution in [3.63, 3.8) is 0 Å². The third-order valence-corrected chi connectivity index (χ3v) is 6.09. The lowest BCUT2D eigenvalue weighted by atomic mass is 9.99. The molecule has 1 saturated heterocycles. The summed E-state index contributed by atoms with van der Waals surface area (Å²) in [6.07, 6.45) is 0. The molecule has 7 nitrogen and oxygen atoms in total. The maximum Gasteiger partial charge on any atom is 0.295 e. The molecule has 1 aliphatic heterocycles. The van der Waals surface area contributed by atoms with Crippen molar-refractivity contribution in [1.29, 1.82) is 0 Å². The Kier molecular flexibility index (Phi) is 6.70. The first-order valence-electron chi connectivity index (χ1n) is 9.18. The highest BCUT2D eigenvalue weighted by molar-refractivity contribution is 7.10. The molecule has 0 spiro atoms. The van der Waals surface area contributed by atoms with Crippen LogP contribution in [0.4, 0.5) is 0 Å². The zero-order valence-corrected chi connectivity index (χ0v) is 18.7. The summed E-state index contributed by atoms with van der Waals surface area (Å²) in [5, 5.41) is 13.3. The van der Waals surface area contributed by atoms with Gasteiger partial charge in [-0.1, -0.05) is 17.7 Å². The van der Waals surface area contributed by atoms with Crippen molar-refractivity contribution in [2.75, 3.05) is 41.4 Å². The van der Waals surface area contributed by atoms with Crippen LogP contribution >= 0.6 is 22.9 Å². The third kappa shape index (κ3) is 4.03. The number of ketones is 1. The molecule has 1 aliphatic rings. The molecule has 1 unspecified atom stereocenters. The van der Waals surface area contributed by atoms with Crippen molar-refractivity contribution in [1.82, 2.24) is 9.80 Å². The number of hydrogen-bond acceptors (Lipinski definition) is 7. The van der Waals surface area contributed by atoms with E-state index in [0.29, 0.717) is 18.8 Å². The number of carbonyl (C=O) groups excluding carboxylic acids is 2. The van der Waals surface area contributed by atoms with E-state index in [1.165, 1.54) is 42.6 Å². The second-order valence-corrected chi connectivity index (χ2v) is 8.38. The van der Waals surface area contributed by atoms with E-state index in [0.717, 1.165) is 4.88 Å². The number of Topliss-reactive ketones (excluding diaryl/α,β-unsaturated/α-hetero) is 1. The lowest BCUT2D eigenvalue weighted by Crippen LogP contribution is -2.35. The number of rotatable bonds is 7. The molecule has 9 heteroatoms. The van der Waals surface area contributed by atoms with Crippen LogP contribution < -0.4 is 9.47 Å². The molecule has 3 rings (SSSR count). The van der Waals surface area contributed by atoms with Crippen LogP contribution in [0.5, 0.6) is 11.5 Å². The van der Waals surface area contributed by atoms with Gasteiger partial charge in [0.2, 0.25) is 0 Å².